The number of aryl methyl sites for hydroxylation is 1. The van der Waals surface area contributed by atoms with Crippen LogP contribution in [-0.4, -0.2) is 10.8 Å². The van der Waals surface area contributed by atoms with E-state index in [9.17, 15) is 9.18 Å². The van der Waals surface area contributed by atoms with Gasteiger partial charge in [-0.05, 0) is 37.6 Å². The number of hydrogen-bond acceptors (Lipinski definition) is 2. The van der Waals surface area contributed by atoms with E-state index in [-0.39, 0.29) is 16.8 Å². The second-order valence-electron chi connectivity index (χ2n) is 4.32. The molecule has 0 aliphatic heterocycles. The van der Waals surface area contributed by atoms with Gasteiger partial charge < -0.3 is 0 Å². The molecule has 2 rings (SSSR count). The highest BCUT2D eigenvalue weighted by atomic mass is 35.5. The fourth-order valence-electron chi connectivity index (χ4n) is 1.68. The Kier molecular flexibility index (Phi) is 4.16. The van der Waals surface area contributed by atoms with Crippen LogP contribution in [0.15, 0.2) is 30.5 Å². The minimum atomic E-state index is -0.346. The third-order valence-electron chi connectivity index (χ3n) is 2.78. The summed E-state index contributed by atoms with van der Waals surface area (Å²) < 4.78 is 13.2. The Bertz CT molecular complexity index is 744. The first-order valence-corrected chi connectivity index (χ1v) is 6.30. The molecule has 0 unspecified atom stereocenters. The standard InChI is InChI=1S/C16H11ClFNO/c1-10-3-6-14(18)7-12(10)4-5-13-9-19-16(17)8-15(13)11(2)20/h3,6-9H,1-2H3. The highest BCUT2D eigenvalue weighted by molar-refractivity contribution is 6.29. The van der Waals surface area contributed by atoms with Crippen molar-refractivity contribution in [2.24, 2.45) is 0 Å². The van der Waals surface area contributed by atoms with Gasteiger partial charge in [0, 0.05) is 17.3 Å². The second kappa shape index (κ2) is 5.85. The highest BCUT2D eigenvalue weighted by Crippen LogP contribution is 2.14. The van der Waals surface area contributed by atoms with E-state index >= 15 is 0 Å². The normalized spacial score (nSPS) is 9.80. The number of pyridine rings is 1. The summed E-state index contributed by atoms with van der Waals surface area (Å²) in [6.07, 6.45) is 1.45. The first-order valence-electron chi connectivity index (χ1n) is 5.92. The van der Waals surface area contributed by atoms with Gasteiger partial charge in [-0.15, -0.1) is 0 Å². The molecule has 1 aromatic heterocycles. The van der Waals surface area contributed by atoms with Crippen LogP contribution in [0.5, 0.6) is 0 Å². The summed E-state index contributed by atoms with van der Waals surface area (Å²) in [6.45, 7) is 3.28. The van der Waals surface area contributed by atoms with Gasteiger partial charge in [0.25, 0.3) is 0 Å². The highest BCUT2D eigenvalue weighted by Gasteiger charge is 2.07. The van der Waals surface area contributed by atoms with E-state index in [0.717, 1.165) is 5.56 Å². The largest absolute Gasteiger partial charge is 0.294 e. The maximum absolute atomic E-state index is 13.2. The molecule has 4 heteroatoms. The number of ketones is 1. The molecule has 0 saturated carbocycles. The topological polar surface area (TPSA) is 30.0 Å². The van der Waals surface area contributed by atoms with Crippen LogP contribution in [0, 0.1) is 24.6 Å². The maximum atomic E-state index is 13.2. The quantitative estimate of drug-likeness (QED) is 0.454. The van der Waals surface area contributed by atoms with Crippen molar-refractivity contribution in [1.29, 1.82) is 0 Å². The fourth-order valence-corrected chi connectivity index (χ4v) is 1.84. The molecular weight excluding hydrogens is 277 g/mol. The summed E-state index contributed by atoms with van der Waals surface area (Å²) in [5.41, 5.74) is 2.33. The number of carbonyl (C=O) groups excluding carboxylic acids is 1. The average molecular weight is 288 g/mol. The molecule has 2 nitrogen and oxygen atoms in total. The smallest absolute Gasteiger partial charge is 0.161 e. The molecule has 0 aliphatic rings. The Morgan fingerprint density at radius 1 is 1.25 bits per heavy atom. The molecule has 1 aromatic carbocycles. The van der Waals surface area contributed by atoms with Crippen molar-refractivity contribution in [3.63, 3.8) is 0 Å². The molecular formula is C16H11ClFNO. The summed E-state index contributed by atoms with van der Waals surface area (Å²) in [6, 6.07) is 5.88. The van der Waals surface area contributed by atoms with Gasteiger partial charge in [-0.1, -0.05) is 29.5 Å². The van der Waals surface area contributed by atoms with Gasteiger partial charge in [-0.2, -0.15) is 0 Å². The zero-order valence-corrected chi connectivity index (χ0v) is 11.8. The summed E-state index contributed by atoms with van der Waals surface area (Å²) in [7, 11) is 0. The van der Waals surface area contributed by atoms with Gasteiger partial charge in [-0.3, -0.25) is 4.79 Å². The predicted molar refractivity (Wildman–Crippen MR) is 76.4 cm³/mol. The van der Waals surface area contributed by atoms with E-state index in [1.165, 1.54) is 31.3 Å². The fraction of sp³-hybridized carbons (Fsp3) is 0.125. The van der Waals surface area contributed by atoms with Crippen LogP contribution in [0.3, 0.4) is 0 Å². The van der Waals surface area contributed by atoms with Crippen LogP contribution in [0.4, 0.5) is 4.39 Å². The lowest BCUT2D eigenvalue weighted by Crippen LogP contribution is -1.98. The molecule has 0 atom stereocenters. The third-order valence-corrected chi connectivity index (χ3v) is 2.99. The van der Waals surface area contributed by atoms with Crippen LogP contribution < -0.4 is 0 Å². The zero-order chi connectivity index (χ0) is 14.7. The van der Waals surface area contributed by atoms with Crippen molar-refractivity contribution < 1.29 is 9.18 Å². The number of rotatable bonds is 1. The number of hydrogen-bond donors (Lipinski definition) is 0. The summed E-state index contributed by atoms with van der Waals surface area (Å²) in [5.74, 6) is 5.22. The summed E-state index contributed by atoms with van der Waals surface area (Å²) >= 11 is 5.76. The molecule has 0 radical (unpaired) electrons. The van der Waals surface area contributed by atoms with Crippen LogP contribution in [-0.2, 0) is 0 Å². The molecule has 0 N–H and O–H groups in total. The molecule has 0 fully saturated rings. The Morgan fingerprint density at radius 3 is 2.65 bits per heavy atom. The lowest BCUT2D eigenvalue weighted by atomic mass is 10.1. The number of halogens is 2. The van der Waals surface area contributed by atoms with Crippen LogP contribution in [0.25, 0.3) is 0 Å². The number of carbonyl (C=O) groups is 1. The molecule has 20 heavy (non-hydrogen) atoms. The van der Waals surface area contributed by atoms with E-state index in [0.29, 0.717) is 16.7 Å². The van der Waals surface area contributed by atoms with E-state index < -0.39 is 0 Å². The van der Waals surface area contributed by atoms with Gasteiger partial charge in [0.05, 0.1) is 5.56 Å². The molecule has 1 heterocycles. The van der Waals surface area contributed by atoms with E-state index in [2.05, 4.69) is 16.8 Å². The van der Waals surface area contributed by atoms with Crippen molar-refractivity contribution in [1.82, 2.24) is 4.98 Å². The van der Waals surface area contributed by atoms with Gasteiger partial charge >= 0.3 is 0 Å². The van der Waals surface area contributed by atoms with Crippen LogP contribution in [0.2, 0.25) is 5.15 Å². The Morgan fingerprint density at radius 2 is 1.95 bits per heavy atom. The second-order valence-corrected chi connectivity index (χ2v) is 4.71. The monoisotopic (exact) mass is 287 g/mol. The van der Waals surface area contributed by atoms with Gasteiger partial charge in [0.2, 0.25) is 0 Å². The number of nitrogens with zero attached hydrogens (tertiary/aromatic N) is 1. The predicted octanol–water partition coefficient (Wildman–Crippen LogP) is 3.78. The van der Waals surface area contributed by atoms with Crippen molar-refractivity contribution in [3.8, 4) is 11.8 Å². The summed E-state index contributed by atoms with van der Waals surface area (Å²) in [4.78, 5) is 15.4. The van der Waals surface area contributed by atoms with Gasteiger partial charge in [0.1, 0.15) is 11.0 Å². The third kappa shape index (κ3) is 3.23. The first kappa shape index (κ1) is 14.2. The first-order chi connectivity index (χ1) is 9.47. The van der Waals surface area contributed by atoms with Crippen molar-refractivity contribution >= 4 is 17.4 Å². The zero-order valence-electron chi connectivity index (χ0n) is 11.0. The Hall–Kier alpha value is -2.18. The van der Waals surface area contributed by atoms with E-state index in [1.54, 1.807) is 6.07 Å². The minimum absolute atomic E-state index is 0.144. The Balaban J connectivity index is 2.48. The van der Waals surface area contributed by atoms with Crippen molar-refractivity contribution in [2.45, 2.75) is 13.8 Å². The Labute approximate surface area is 121 Å². The molecule has 2 aromatic rings. The van der Waals surface area contributed by atoms with E-state index in [4.69, 9.17) is 11.6 Å². The molecule has 0 spiro atoms. The SMILES string of the molecule is CC(=O)c1cc(Cl)ncc1C#Cc1cc(F)ccc1C. The molecule has 0 saturated heterocycles. The summed E-state index contributed by atoms with van der Waals surface area (Å²) in [5, 5.41) is 0.239. The molecule has 100 valence electrons. The number of benzene rings is 1. The van der Waals surface area contributed by atoms with Crippen molar-refractivity contribution in [3.05, 3.63) is 63.7 Å². The molecule has 0 bridgehead atoms. The molecule has 0 amide bonds. The average Bonchev–Trinajstić information content (AvgIpc) is 2.40. The maximum Gasteiger partial charge on any atom is 0.161 e. The van der Waals surface area contributed by atoms with Crippen LogP contribution >= 0.6 is 11.6 Å². The minimum Gasteiger partial charge on any atom is -0.294 e. The molecule has 0 aliphatic carbocycles. The lowest BCUT2D eigenvalue weighted by molar-refractivity contribution is 0.101. The number of aromatic nitrogens is 1. The van der Waals surface area contributed by atoms with Crippen molar-refractivity contribution in [2.75, 3.05) is 0 Å². The van der Waals surface area contributed by atoms with Gasteiger partial charge in [0.15, 0.2) is 5.78 Å². The lowest BCUT2D eigenvalue weighted by Gasteiger charge is -2.00. The van der Waals surface area contributed by atoms with Crippen LogP contribution in [0.1, 0.15) is 34.0 Å². The number of Topliss-reactive ketones (excluding diaryl/α,β-unsaturated/α-hetero) is 1. The van der Waals surface area contributed by atoms with E-state index in [1.807, 2.05) is 6.92 Å². The van der Waals surface area contributed by atoms with Gasteiger partial charge in [-0.25, -0.2) is 9.37 Å².